The van der Waals surface area contributed by atoms with Crippen molar-refractivity contribution in [2.24, 2.45) is 0 Å². The summed E-state index contributed by atoms with van der Waals surface area (Å²) in [6.45, 7) is 10.1. The van der Waals surface area contributed by atoms with Crippen LogP contribution in [0.3, 0.4) is 0 Å². The molecule has 1 N–H and O–H groups in total. The number of methoxy groups -OCH3 is 3. The highest BCUT2D eigenvalue weighted by atomic mass is 35.5. The Balaban J connectivity index is 1.73. The number of aromatic nitrogens is 2. The molecule has 0 aliphatic carbocycles. The fourth-order valence-corrected chi connectivity index (χ4v) is 5.90. The number of amides is 1. The molecule has 1 amide bonds. The highest BCUT2D eigenvalue weighted by molar-refractivity contribution is 6.41. The number of carbonyl (C=O) groups is 1. The monoisotopic (exact) mass is 617 g/mol. The Kier molecular flexibility index (Phi) is 10.7. The van der Waals surface area contributed by atoms with Crippen molar-refractivity contribution in [1.82, 2.24) is 19.4 Å². The summed E-state index contributed by atoms with van der Waals surface area (Å²) in [5.41, 5.74) is 1.15. The molecule has 3 heterocycles. The molecule has 0 saturated carbocycles. The van der Waals surface area contributed by atoms with Crippen molar-refractivity contribution in [1.29, 1.82) is 0 Å². The van der Waals surface area contributed by atoms with Gasteiger partial charge < -0.3 is 29.0 Å². The maximum Gasteiger partial charge on any atom is 0.259 e. The number of hydrogen-bond donors (Lipinski definition) is 1. The molecule has 1 aliphatic heterocycles. The number of aryl methyl sites for hydroxylation is 1. The summed E-state index contributed by atoms with van der Waals surface area (Å²) in [5.74, 6) is 1.28. The topological polar surface area (TPSA) is 98.2 Å². The quantitative estimate of drug-likeness (QED) is 0.296. The minimum Gasteiger partial charge on any atom is -0.495 e. The van der Waals surface area contributed by atoms with Crippen molar-refractivity contribution in [2.45, 2.75) is 25.9 Å². The number of ether oxygens (including phenoxy) is 3. The van der Waals surface area contributed by atoms with Crippen molar-refractivity contribution >= 4 is 45.8 Å². The minimum atomic E-state index is -0.245. The van der Waals surface area contributed by atoms with Crippen LogP contribution in [0, 0.1) is 0 Å². The number of carbonyl (C=O) groups excluding carboxylic acids is 1. The molecule has 1 aliphatic rings. The molecule has 1 atom stereocenters. The summed E-state index contributed by atoms with van der Waals surface area (Å²) < 4.78 is 17.9. The number of hydrogen-bond acceptors (Lipinski definition) is 8. The second-order valence-corrected chi connectivity index (χ2v) is 10.9. The van der Waals surface area contributed by atoms with Crippen LogP contribution in [0.25, 0.3) is 22.0 Å². The maximum atomic E-state index is 14.2. The van der Waals surface area contributed by atoms with E-state index < -0.39 is 0 Å². The molecule has 226 valence electrons. The van der Waals surface area contributed by atoms with Crippen LogP contribution in [0.15, 0.2) is 41.8 Å². The number of nitrogens with one attached hydrogen (secondary N) is 1. The second kappa shape index (κ2) is 14.2. The van der Waals surface area contributed by atoms with Gasteiger partial charge in [-0.3, -0.25) is 14.5 Å². The summed E-state index contributed by atoms with van der Waals surface area (Å²) in [7, 11) is 4.63. The van der Waals surface area contributed by atoms with Crippen molar-refractivity contribution in [3.05, 3.63) is 57.4 Å². The van der Waals surface area contributed by atoms with E-state index in [2.05, 4.69) is 21.8 Å². The van der Waals surface area contributed by atoms with Gasteiger partial charge in [0, 0.05) is 75.2 Å². The molecule has 12 heteroatoms. The third-order valence-electron chi connectivity index (χ3n) is 7.35. The van der Waals surface area contributed by atoms with Gasteiger partial charge in [0.1, 0.15) is 17.3 Å². The fourth-order valence-electron chi connectivity index (χ4n) is 5.19. The Labute approximate surface area is 255 Å². The molecular formula is C30H37Cl2N5O5. The molecule has 1 aromatic carbocycles. The van der Waals surface area contributed by atoms with Crippen LogP contribution in [0.1, 0.15) is 13.3 Å². The van der Waals surface area contributed by atoms with Gasteiger partial charge >= 0.3 is 0 Å². The Morgan fingerprint density at radius 3 is 2.33 bits per heavy atom. The van der Waals surface area contributed by atoms with Crippen LogP contribution < -0.4 is 20.3 Å². The van der Waals surface area contributed by atoms with Crippen molar-refractivity contribution in [3.8, 4) is 22.6 Å². The molecule has 42 heavy (non-hydrogen) atoms. The van der Waals surface area contributed by atoms with Crippen LogP contribution in [0.4, 0.5) is 5.82 Å². The minimum absolute atomic E-state index is 0.0212. The lowest BCUT2D eigenvalue weighted by molar-refractivity contribution is -0.127. The normalized spacial score (nSPS) is 14.6. The number of anilines is 1. The third-order valence-corrected chi connectivity index (χ3v) is 8.10. The highest BCUT2D eigenvalue weighted by Crippen LogP contribution is 2.45. The Bertz CT molecular complexity index is 1480. The molecule has 10 nitrogen and oxygen atoms in total. The Morgan fingerprint density at radius 1 is 1.07 bits per heavy atom. The van der Waals surface area contributed by atoms with Crippen molar-refractivity contribution < 1.29 is 19.0 Å². The first-order valence-corrected chi connectivity index (χ1v) is 14.5. The highest BCUT2D eigenvalue weighted by Gasteiger charge is 2.24. The Hall–Kier alpha value is -3.31. The molecule has 0 radical (unpaired) electrons. The number of halogens is 2. The molecule has 0 spiro atoms. The Morgan fingerprint density at radius 2 is 1.74 bits per heavy atom. The lowest BCUT2D eigenvalue weighted by Crippen LogP contribution is -2.48. The zero-order chi connectivity index (χ0) is 30.4. The average Bonchev–Trinajstić information content (AvgIpc) is 2.99. The van der Waals surface area contributed by atoms with Crippen molar-refractivity contribution in [2.75, 3.05) is 66.0 Å². The zero-order valence-corrected chi connectivity index (χ0v) is 25.9. The zero-order valence-electron chi connectivity index (χ0n) is 24.4. The van der Waals surface area contributed by atoms with E-state index >= 15 is 0 Å². The third kappa shape index (κ3) is 6.83. The smallest absolute Gasteiger partial charge is 0.259 e. The van der Waals surface area contributed by atoms with Gasteiger partial charge in [0.05, 0.1) is 42.0 Å². The molecule has 2 aromatic heterocycles. The molecular weight excluding hydrogens is 581 g/mol. The van der Waals surface area contributed by atoms with Gasteiger partial charge in [0.25, 0.3) is 5.56 Å². The van der Waals surface area contributed by atoms with Crippen molar-refractivity contribution in [3.63, 3.8) is 0 Å². The first kappa shape index (κ1) is 31.6. The first-order valence-electron chi connectivity index (χ1n) is 13.7. The van der Waals surface area contributed by atoms with Crippen LogP contribution in [-0.2, 0) is 16.1 Å². The van der Waals surface area contributed by atoms with E-state index in [1.807, 2.05) is 13.0 Å². The number of nitrogens with zero attached hydrogens (tertiary/aromatic N) is 4. The molecule has 1 saturated heterocycles. The number of fused-ring (bicyclic) bond motifs is 1. The molecule has 0 bridgehead atoms. The number of rotatable bonds is 12. The molecule has 4 rings (SSSR count). The fraction of sp³-hybridized carbons (Fsp3) is 0.433. The number of benzene rings is 1. The average molecular weight is 619 g/mol. The van der Waals surface area contributed by atoms with Gasteiger partial charge in [-0.15, -0.1) is 0 Å². The SMILES string of the molecule is C=CC(=O)N1CCN(CCCn2c(=O)c(-c3c(Cl)c(OC)cc(OC)c3Cl)cc3cnc(N[C@@H](C)COC)cc32)CC1. The first-order chi connectivity index (χ1) is 20.2. The predicted molar refractivity (Wildman–Crippen MR) is 167 cm³/mol. The molecule has 0 unspecified atom stereocenters. The van der Waals surface area contributed by atoms with E-state index in [1.165, 1.54) is 20.3 Å². The number of pyridine rings is 2. The van der Waals surface area contributed by atoms with Gasteiger partial charge in [-0.05, 0) is 32.0 Å². The van der Waals surface area contributed by atoms with Gasteiger partial charge in [0.15, 0.2) is 0 Å². The summed E-state index contributed by atoms with van der Waals surface area (Å²) in [6.07, 6.45) is 3.79. The molecule has 1 fully saturated rings. The van der Waals surface area contributed by atoms with Crippen LogP contribution >= 0.6 is 23.2 Å². The molecule has 3 aromatic rings. The lowest BCUT2D eigenvalue weighted by Gasteiger charge is -2.34. The second-order valence-electron chi connectivity index (χ2n) is 10.2. The lowest BCUT2D eigenvalue weighted by atomic mass is 10.0. The number of piperazine rings is 1. The van der Waals surface area contributed by atoms with E-state index in [9.17, 15) is 9.59 Å². The summed E-state index contributed by atoms with van der Waals surface area (Å²) in [5, 5.41) is 4.52. The predicted octanol–water partition coefficient (Wildman–Crippen LogP) is 4.55. The van der Waals surface area contributed by atoms with Gasteiger partial charge in [-0.25, -0.2) is 4.98 Å². The summed E-state index contributed by atoms with van der Waals surface area (Å²) in [6, 6.07) is 5.25. The summed E-state index contributed by atoms with van der Waals surface area (Å²) >= 11 is 13.4. The van der Waals surface area contributed by atoms with Crippen LogP contribution in [0.2, 0.25) is 10.0 Å². The largest absolute Gasteiger partial charge is 0.495 e. The summed E-state index contributed by atoms with van der Waals surface area (Å²) in [4.78, 5) is 34.8. The van der Waals surface area contributed by atoms with E-state index in [-0.39, 0.29) is 27.6 Å². The van der Waals surface area contributed by atoms with E-state index in [1.54, 1.807) is 34.9 Å². The van der Waals surface area contributed by atoms with E-state index in [0.717, 1.165) is 30.5 Å². The van der Waals surface area contributed by atoms with Gasteiger partial charge in [-0.1, -0.05) is 29.8 Å². The maximum absolute atomic E-state index is 14.2. The van der Waals surface area contributed by atoms with Crippen LogP contribution in [-0.4, -0.2) is 92.0 Å². The van der Waals surface area contributed by atoms with E-state index in [0.29, 0.717) is 61.1 Å². The van der Waals surface area contributed by atoms with Gasteiger partial charge in [0.2, 0.25) is 5.91 Å². The van der Waals surface area contributed by atoms with E-state index in [4.69, 9.17) is 37.4 Å². The van der Waals surface area contributed by atoms with Crippen LogP contribution in [0.5, 0.6) is 11.5 Å². The standard InChI is InChI=1S/C30H37Cl2N5O5/c1-6-26(38)36-12-10-35(11-13-36)8-7-9-37-22-15-25(34-19(2)18-40-3)33-17-20(22)14-21(30(37)39)27-28(31)23(41-4)16-24(42-5)29(27)32/h6,14-17,19H,1,7-13,18H2,2-5H3,(H,33,34)/t19-/m0/s1. The van der Waals surface area contributed by atoms with Gasteiger partial charge in [-0.2, -0.15) is 0 Å².